The lowest BCUT2D eigenvalue weighted by Gasteiger charge is -2.36. The molecule has 2 aliphatic heterocycles. The topological polar surface area (TPSA) is 106 Å². The molecule has 2 saturated heterocycles. The third-order valence-corrected chi connectivity index (χ3v) is 4.50. The van der Waals surface area contributed by atoms with Crippen LogP contribution in [0.3, 0.4) is 0 Å². The van der Waals surface area contributed by atoms with Crippen molar-refractivity contribution >= 4 is 28.9 Å². The third kappa shape index (κ3) is 5.36. The van der Waals surface area contributed by atoms with Gasteiger partial charge in [0.05, 0.1) is 6.10 Å². The van der Waals surface area contributed by atoms with E-state index >= 15 is 0 Å². The number of carbonyl (C=O) groups is 2. The van der Waals surface area contributed by atoms with Gasteiger partial charge in [0.25, 0.3) is 0 Å². The maximum absolute atomic E-state index is 11.3. The molecule has 2 N–H and O–H groups in total. The Balaban J connectivity index is 2.00. The van der Waals surface area contributed by atoms with Gasteiger partial charge in [-0.1, -0.05) is 11.8 Å². The van der Waals surface area contributed by atoms with Crippen LogP contribution in [-0.2, 0) is 23.8 Å². The molecule has 4 atom stereocenters. The number of fused-ring (bicyclic) bond motifs is 1. The molecule has 0 spiro atoms. The number of ether oxygens (including phenoxy) is 3. The minimum absolute atomic E-state index is 0.0886. The molecular formula is C14H22N2O6S. The first-order valence-corrected chi connectivity index (χ1v) is 8.42. The molecule has 130 valence electrons. The van der Waals surface area contributed by atoms with Crippen LogP contribution in [0.4, 0.5) is 0 Å². The van der Waals surface area contributed by atoms with Gasteiger partial charge in [-0.2, -0.15) is 0 Å². The SMILES string of the molecule is CC(=O)OCC1CC(OC(C)=O)C2NC(=NCCCO)SC2O1. The summed E-state index contributed by atoms with van der Waals surface area (Å²) in [4.78, 5) is 26.6. The van der Waals surface area contributed by atoms with Gasteiger partial charge < -0.3 is 24.6 Å². The Morgan fingerprint density at radius 2 is 2.22 bits per heavy atom. The molecule has 0 aromatic carbocycles. The number of nitrogens with one attached hydrogen (secondary N) is 1. The number of amidine groups is 1. The van der Waals surface area contributed by atoms with Gasteiger partial charge in [0.1, 0.15) is 24.2 Å². The molecular weight excluding hydrogens is 324 g/mol. The van der Waals surface area contributed by atoms with Gasteiger partial charge in [0.2, 0.25) is 0 Å². The van der Waals surface area contributed by atoms with E-state index in [2.05, 4.69) is 10.3 Å². The van der Waals surface area contributed by atoms with E-state index in [0.29, 0.717) is 24.6 Å². The van der Waals surface area contributed by atoms with Gasteiger partial charge in [0.15, 0.2) is 5.17 Å². The number of esters is 2. The number of nitrogens with zero attached hydrogens (tertiary/aromatic N) is 1. The zero-order chi connectivity index (χ0) is 16.8. The van der Waals surface area contributed by atoms with Crippen LogP contribution in [0.5, 0.6) is 0 Å². The molecule has 2 heterocycles. The van der Waals surface area contributed by atoms with E-state index in [1.165, 1.54) is 25.6 Å². The average Bonchev–Trinajstić information content (AvgIpc) is 2.88. The molecule has 0 amide bonds. The number of rotatable bonds is 6. The van der Waals surface area contributed by atoms with Crippen molar-refractivity contribution in [2.24, 2.45) is 4.99 Å². The first-order valence-electron chi connectivity index (χ1n) is 7.54. The van der Waals surface area contributed by atoms with Gasteiger partial charge in [-0.15, -0.1) is 0 Å². The molecule has 2 rings (SSSR count). The predicted molar refractivity (Wildman–Crippen MR) is 84.0 cm³/mol. The minimum atomic E-state index is -0.372. The molecule has 2 aliphatic rings. The maximum Gasteiger partial charge on any atom is 0.302 e. The summed E-state index contributed by atoms with van der Waals surface area (Å²) in [6.07, 6.45) is 0.344. The molecule has 2 fully saturated rings. The molecule has 0 bridgehead atoms. The normalized spacial score (nSPS) is 31.3. The molecule has 0 aromatic rings. The van der Waals surface area contributed by atoms with E-state index in [9.17, 15) is 9.59 Å². The number of hydrogen-bond acceptors (Lipinski definition) is 8. The number of carbonyl (C=O) groups excluding carboxylic acids is 2. The lowest BCUT2D eigenvalue weighted by Crippen LogP contribution is -2.52. The van der Waals surface area contributed by atoms with Crippen molar-refractivity contribution in [1.82, 2.24) is 5.32 Å². The highest BCUT2D eigenvalue weighted by Gasteiger charge is 2.46. The lowest BCUT2D eigenvalue weighted by molar-refractivity contribution is -0.165. The summed E-state index contributed by atoms with van der Waals surface area (Å²) in [6.45, 7) is 3.44. The van der Waals surface area contributed by atoms with E-state index in [1.54, 1.807) is 0 Å². The first kappa shape index (κ1) is 18.0. The highest BCUT2D eigenvalue weighted by molar-refractivity contribution is 8.14. The summed E-state index contributed by atoms with van der Waals surface area (Å²) in [5.41, 5.74) is -0.262. The van der Waals surface area contributed by atoms with E-state index < -0.39 is 0 Å². The van der Waals surface area contributed by atoms with Gasteiger partial charge in [-0.05, 0) is 6.42 Å². The minimum Gasteiger partial charge on any atom is -0.463 e. The van der Waals surface area contributed by atoms with E-state index in [4.69, 9.17) is 19.3 Å². The van der Waals surface area contributed by atoms with E-state index in [-0.39, 0.29) is 48.8 Å². The van der Waals surface area contributed by atoms with E-state index in [0.717, 1.165) is 0 Å². The molecule has 0 saturated carbocycles. The van der Waals surface area contributed by atoms with Gasteiger partial charge in [0, 0.05) is 33.4 Å². The smallest absolute Gasteiger partial charge is 0.302 e. The standard InChI is InChI=1S/C14H22N2O6S/c1-8(18)20-7-10-6-11(21-9(2)19)12-13(22-10)23-14(16-12)15-4-3-5-17/h10-13,17H,3-7H2,1-2H3,(H,15,16). The van der Waals surface area contributed by atoms with Crippen molar-refractivity contribution in [1.29, 1.82) is 0 Å². The monoisotopic (exact) mass is 346 g/mol. The fourth-order valence-electron chi connectivity index (χ4n) is 2.45. The second kappa shape index (κ2) is 8.51. The molecule has 0 radical (unpaired) electrons. The quantitative estimate of drug-likeness (QED) is 0.513. The lowest BCUT2D eigenvalue weighted by atomic mass is 10.0. The van der Waals surface area contributed by atoms with Crippen LogP contribution in [0.15, 0.2) is 4.99 Å². The van der Waals surface area contributed by atoms with Crippen molar-refractivity contribution in [3.63, 3.8) is 0 Å². The molecule has 9 heteroatoms. The van der Waals surface area contributed by atoms with Crippen molar-refractivity contribution in [3.8, 4) is 0 Å². The zero-order valence-electron chi connectivity index (χ0n) is 13.2. The van der Waals surface area contributed by atoms with Crippen LogP contribution >= 0.6 is 11.8 Å². The van der Waals surface area contributed by atoms with Crippen molar-refractivity contribution in [2.75, 3.05) is 19.8 Å². The molecule has 23 heavy (non-hydrogen) atoms. The average molecular weight is 346 g/mol. The third-order valence-electron chi connectivity index (χ3n) is 3.39. The Labute approximate surface area is 138 Å². The Kier molecular flexibility index (Phi) is 6.67. The summed E-state index contributed by atoms with van der Waals surface area (Å²) in [6, 6.07) is -0.189. The van der Waals surface area contributed by atoms with Gasteiger partial charge >= 0.3 is 11.9 Å². The highest BCUT2D eigenvalue weighted by Crippen LogP contribution is 2.35. The highest BCUT2D eigenvalue weighted by atomic mass is 32.2. The van der Waals surface area contributed by atoms with Crippen molar-refractivity contribution in [3.05, 3.63) is 0 Å². The fourth-order valence-corrected chi connectivity index (χ4v) is 3.64. The molecule has 0 aliphatic carbocycles. The fraction of sp³-hybridized carbons (Fsp3) is 0.786. The van der Waals surface area contributed by atoms with E-state index in [1.807, 2.05) is 0 Å². The number of hydrogen-bond donors (Lipinski definition) is 2. The summed E-state index contributed by atoms with van der Waals surface area (Å²) < 4.78 is 16.3. The van der Waals surface area contributed by atoms with Crippen LogP contribution in [0.25, 0.3) is 0 Å². The Hall–Kier alpha value is -1.32. The number of aliphatic hydroxyl groups excluding tert-OH is 1. The summed E-state index contributed by atoms with van der Waals surface area (Å²) >= 11 is 1.42. The molecule has 8 nitrogen and oxygen atoms in total. The van der Waals surface area contributed by atoms with Crippen molar-refractivity contribution < 1.29 is 28.9 Å². The second-order valence-corrected chi connectivity index (χ2v) is 6.45. The number of thioether (sulfide) groups is 1. The summed E-state index contributed by atoms with van der Waals surface area (Å²) in [5, 5.41) is 12.7. The largest absolute Gasteiger partial charge is 0.463 e. The first-order chi connectivity index (χ1) is 11.0. The number of aliphatic hydroxyl groups is 1. The Morgan fingerprint density at radius 1 is 1.43 bits per heavy atom. The molecule has 0 aromatic heterocycles. The van der Waals surface area contributed by atoms with Crippen LogP contribution in [-0.4, -0.2) is 65.7 Å². The van der Waals surface area contributed by atoms with Gasteiger partial charge in [-0.3, -0.25) is 14.6 Å². The predicted octanol–water partition coefficient (Wildman–Crippen LogP) is 0.0396. The van der Waals surface area contributed by atoms with Crippen LogP contribution in [0, 0.1) is 0 Å². The number of aliphatic imine (C=N–C) groups is 1. The van der Waals surface area contributed by atoms with Crippen LogP contribution in [0.1, 0.15) is 26.7 Å². The van der Waals surface area contributed by atoms with Crippen LogP contribution < -0.4 is 5.32 Å². The van der Waals surface area contributed by atoms with Crippen molar-refractivity contribution in [2.45, 2.75) is 50.4 Å². The van der Waals surface area contributed by atoms with Gasteiger partial charge in [-0.25, -0.2) is 0 Å². The zero-order valence-corrected chi connectivity index (χ0v) is 14.0. The second-order valence-electron chi connectivity index (χ2n) is 5.36. The molecule has 4 unspecified atom stereocenters. The Bertz CT molecular complexity index is 472. The Morgan fingerprint density at radius 3 is 2.87 bits per heavy atom. The van der Waals surface area contributed by atoms with Crippen LogP contribution in [0.2, 0.25) is 0 Å². The maximum atomic E-state index is 11.3. The summed E-state index contributed by atoms with van der Waals surface area (Å²) in [7, 11) is 0. The summed E-state index contributed by atoms with van der Waals surface area (Å²) in [5.74, 6) is -0.734.